The lowest BCUT2D eigenvalue weighted by atomic mass is 10.1. The van der Waals surface area contributed by atoms with Crippen molar-refractivity contribution in [1.29, 1.82) is 0 Å². The molecular weight excluding hydrogens is 318 g/mol. The normalized spacial score (nSPS) is 10.6. The fraction of sp³-hybridized carbons (Fsp3) is 0.250. The van der Waals surface area contributed by atoms with Gasteiger partial charge in [-0.15, -0.1) is 0 Å². The number of hydrogen-bond donors (Lipinski definition) is 1. The molecule has 0 saturated carbocycles. The highest BCUT2D eigenvalue weighted by atomic mass is 16.5. The van der Waals surface area contributed by atoms with Crippen molar-refractivity contribution in [3.8, 4) is 11.5 Å². The lowest BCUT2D eigenvalue weighted by Crippen LogP contribution is -2.15. The quantitative estimate of drug-likeness (QED) is 0.692. The molecule has 5 heteroatoms. The molecule has 1 heterocycles. The highest BCUT2D eigenvalue weighted by Crippen LogP contribution is 2.27. The van der Waals surface area contributed by atoms with E-state index < -0.39 is 0 Å². The first-order valence-corrected chi connectivity index (χ1v) is 8.27. The zero-order chi connectivity index (χ0) is 17.6. The summed E-state index contributed by atoms with van der Waals surface area (Å²) in [6, 6.07) is 13.0. The Morgan fingerprint density at radius 1 is 1.20 bits per heavy atom. The summed E-state index contributed by atoms with van der Waals surface area (Å²) >= 11 is 0. The number of amides is 1. The van der Waals surface area contributed by atoms with E-state index in [1.807, 2.05) is 49.4 Å². The van der Waals surface area contributed by atoms with E-state index in [1.54, 1.807) is 13.4 Å². The van der Waals surface area contributed by atoms with Crippen LogP contribution in [0.3, 0.4) is 0 Å². The van der Waals surface area contributed by atoms with Crippen LogP contribution in [0.15, 0.2) is 53.1 Å². The van der Waals surface area contributed by atoms with Crippen molar-refractivity contribution in [2.75, 3.05) is 19.0 Å². The number of carbonyl (C=O) groups is 1. The van der Waals surface area contributed by atoms with E-state index in [-0.39, 0.29) is 12.3 Å². The molecule has 0 unspecified atom stereocenters. The maximum absolute atomic E-state index is 12.4. The molecule has 0 bridgehead atoms. The van der Waals surface area contributed by atoms with Gasteiger partial charge in [0.2, 0.25) is 5.91 Å². The number of hydrogen-bond acceptors (Lipinski definition) is 4. The Morgan fingerprint density at radius 2 is 2.04 bits per heavy atom. The van der Waals surface area contributed by atoms with E-state index in [0.29, 0.717) is 23.6 Å². The van der Waals surface area contributed by atoms with Crippen molar-refractivity contribution >= 4 is 22.6 Å². The second-order valence-corrected chi connectivity index (χ2v) is 5.69. The third kappa shape index (κ3) is 3.94. The van der Waals surface area contributed by atoms with Gasteiger partial charge in [-0.05, 0) is 30.7 Å². The first-order chi connectivity index (χ1) is 12.2. The first kappa shape index (κ1) is 16.9. The van der Waals surface area contributed by atoms with Gasteiger partial charge in [-0.25, -0.2) is 0 Å². The van der Waals surface area contributed by atoms with Crippen molar-refractivity contribution in [2.24, 2.45) is 0 Å². The number of nitrogens with one attached hydrogen (secondary N) is 1. The summed E-state index contributed by atoms with van der Waals surface area (Å²) in [5, 5.41) is 3.82. The molecule has 130 valence electrons. The Morgan fingerprint density at radius 3 is 2.84 bits per heavy atom. The number of rotatable bonds is 7. The van der Waals surface area contributed by atoms with E-state index in [4.69, 9.17) is 13.9 Å². The molecule has 0 fully saturated rings. The van der Waals surface area contributed by atoms with Gasteiger partial charge in [0.25, 0.3) is 0 Å². The van der Waals surface area contributed by atoms with Gasteiger partial charge >= 0.3 is 0 Å². The summed E-state index contributed by atoms with van der Waals surface area (Å²) < 4.78 is 16.4. The Labute approximate surface area is 146 Å². The highest BCUT2D eigenvalue weighted by Gasteiger charge is 2.13. The average Bonchev–Trinajstić information content (AvgIpc) is 3.02. The average molecular weight is 339 g/mol. The van der Waals surface area contributed by atoms with Crippen molar-refractivity contribution in [2.45, 2.75) is 19.8 Å². The number of carbonyl (C=O) groups excluding carboxylic acids is 1. The Hall–Kier alpha value is -2.95. The molecule has 0 aliphatic heterocycles. The van der Waals surface area contributed by atoms with Crippen molar-refractivity contribution < 1.29 is 18.7 Å². The summed E-state index contributed by atoms with van der Waals surface area (Å²) in [4.78, 5) is 12.4. The predicted molar refractivity (Wildman–Crippen MR) is 97.3 cm³/mol. The van der Waals surface area contributed by atoms with Crippen LogP contribution in [-0.2, 0) is 11.2 Å². The number of para-hydroxylation sites is 2. The standard InChI is InChI=1S/C20H21NO4/c1-3-10-24-18-7-5-4-6-17(18)21-20(22)11-14-13-25-19-12-15(23-2)8-9-16(14)19/h4-9,12-13H,3,10-11H2,1-2H3,(H,21,22). The maximum atomic E-state index is 12.4. The van der Waals surface area contributed by atoms with Gasteiger partial charge in [0.05, 0.1) is 32.1 Å². The topological polar surface area (TPSA) is 60.7 Å². The molecule has 0 saturated heterocycles. The summed E-state index contributed by atoms with van der Waals surface area (Å²) in [7, 11) is 1.61. The van der Waals surface area contributed by atoms with Gasteiger partial charge in [0.1, 0.15) is 17.1 Å². The van der Waals surface area contributed by atoms with Crippen LogP contribution in [0.25, 0.3) is 11.0 Å². The first-order valence-electron chi connectivity index (χ1n) is 8.27. The predicted octanol–water partition coefficient (Wildman–Crippen LogP) is 4.41. The SMILES string of the molecule is CCCOc1ccccc1NC(=O)Cc1coc2cc(OC)ccc12. The molecule has 1 amide bonds. The molecule has 0 aliphatic carbocycles. The molecule has 3 aromatic rings. The van der Waals surface area contributed by atoms with Crippen LogP contribution in [-0.4, -0.2) is 19.6 Å². The van der Waals surface area contributed by atoms with Crippen molar-refractivity contribution in [3.05, 3.63) is 54.3 Å². The van der Waals surface area contributed by atoms with Gasteiger partial charge in [0, 0.05) is 17.0 Å². The van der Waals surface area contributed by atoms with Crippen LogP contribution in [0.1, 0.15) is 18.9 Å². The molecule has 0 aliphatic rings. The zero-order valence-electron chi connectivity index (χ0n) is 14.4. The molecule has 0 radical (unpaired) electrons. The van der Waals surface area contributed by atoms with Gasteiger partial charge in [-0.3, -0.25) is 4.79 Å². The Balaban J connectivity index is 1.73. The molecular formula is C20H21NO4. The number of benzene rings is 2. The summed E-state index contributed by atoms with van der Waals surface area (Å²) in [6.45, 7) is 2.65. The van der Waals surface area contributed by atoms with E-state index in [2.05, 4.69) is 5.32 Å². The molecule has 1 N–H and O–H groups in total. The lowest BCUT2D eigenvalue weighted by Gasteiger charge is -2.11. The highest BCUT2D eigenvalue weighted by molar-refractivity contribution is 5.96. The second kappa shape index (κ2) is 7.75. The fourth-order valence-corrected chi connectivity index (χ4v) is 2.60. The molecule has 3 rings (SSSR count). The van der Waals surface area contributed by atoms with Crippen molar-refractivity contribution in [3.63, 3.8) is 0 Å². The molecule has 0 spiro atoms. The van der Waals surface area contributed by atoms with E-state index >= 15 is 0 Å². The largest absolute Gasteiger partial charge is 0.497 e. The molecule has 0 atom stereocenters. The van der Waals surface area contributed by atoms with Crippen LogP contribution >= 0.6 is 0 Å². The second-order valence-electron chi connectivity index (χ2n) is 5.69. The molecule has 2 aromatic carbocycles. The smallest absolute Gasteiger partial charge is 0.229 e. The minimum absolute atomic E-state index is 0.119. The molecule has 5 nitrogen and oxygen atoms in total. The van der Waals surface area contributed by atoms with E-state index in [9.17, 15) is 4.79 Å². The third-order valence-corrected chi connectivity index (χ3v) is 3.84. The minimum atomic E-state index is -0.119. The Kier molecular flexibility index (Phi) is 5.23. The van der Waals surface area contributed by atoms with Crippen LogP contribution < -0.4 is 14.8 Å². The van der Waals surface area contributed by atoms with E-state index in [0.717, 1.165) is 23.1 Å². The van der Waals surface area contributed by atoms with Gasteiger partial charge in [0.15, 0.2) is 0 Å². The fourth-order valence-electron chi connectivity index (χ4n) is 2.60. The van der Waals surface area contributed by atoms with Crippen molar-refractivity contribution in [1.82, 2.24) is 0 Å². The number of furan rings is 1. The van der Waals surface area contributed by atoms with Crippen LogP contribution in [0.4, 0.5) is 5.69 Å². The van der Waals surface area contributed by atoms with Gasteiger partial charge in [-0.1, -0.05) is 19.1 Å². The van der Waals surface area contributed by atoms with Crippen LogP contribution in [0.2, 0.25) is 0 Å². The number of ether oxygens (including phenoxy) is 2. The van der Waals surface area contributed by atoms with Crippen LogP contribution in [0.5, 0.6) is 11.5 Å². The minimum Gasteiger partial charge on any atom is -0.497 e. The monoisotopic (exact) mass is 339 g/mol. The van der Waals surface area contributed by atoms with E-state index in [1.165, 1.54) is 0 Å². The van der Waals surface area contributed by atoms with Gasteiger partial charge < -0.3 is 19.2 Å². The molecule has 25 heavy (non-hydrogen) atoms. The number of anilines is 1. The lowest BCUT2D eigenvalue weighted by molar-refractivity contribution is -0.115. The summed E-state index contributed by atoms with van der Waals surface area (Å²) in [5.41, 5.74) is 2.21. The van der Waals surface area contributed by atoms with Crippen LogP contribution in [0, 0.1) is 0 Å². The molecule has 1 aromatic heterocycles. The number of methoxy groups -OCH3 is 1. The van der Waals surface area contributed by atoms with Gasteiger partial charge in [-0.2, -0.15) is 0 Å². The Bertz CT molecular complexity index is 869. The maximum Gasteiger partial charge on any atom is 0.229 e. The third-order valence-electron chi connectivity index (χ3n) is 3.84. The zero-order valence-corrected chi connectivity index (χ0v) is 14.4. The number of fused-ring (bicyclic) bond motifs is 1. The summed E-state index contributed by atoms with van der Waals surface area (Å²) in [5.74, 6) is 1.28. The summed E-state index contributed by atoms with van der Waals surface area (Å²) in [6.07, 6.45) is 2.75.